The molecule has 156 valence electrons. The van der Waals surface area contributed by atoms with Gasteiger partial charge in [-0.15, -0.1) is 10.2 Å². The van der Waals surface area contributed by atoms with Gasteiger partial charge in [-0.25, -0.2) is 0 Å². The smallest absolute Gasteiger partial charge is 0.297 e. The van der Waals surface area contributed by atoms with Crippen molar-refractivity contribution < 1.29 is 18.7 Å². The molecule has 0 N–H and O–H groups in total. The van der Waals surface area contributed by atoms with E-state index in [4.69, 9.17) is 13.9 Å². The van der Waals surface area contributed by atoms with E-state index in [1.54, 1.807) is 56.5 Å². The van der Waals surface area contributed by atoms with Crippen molar-refractivity contribution in [1.82, 2.24) is 10.2 Å². The van der Waals surface area contributed by atoms with E-state index in [0.717, 1.165) is 0 Å². The van der Waals surface area contributed by atoms with Crippen LogP contribution < -0.4 is 19.8 Å². The van der Waals surface area contributed by atoms with Crippen molar-refractivity contribution in [3.8, 4) is 11.5 Å². The molecule has 5 rings (SSSR count). The largest absolute Gasteiger partial charge is 0.493 e. The predicted molar refractivity (Wildman–Crippen MR) is 115 cm³/mol. The van der Waals surface area contributed by atoms with E-state index in [2.05, 4.69) is 10.2 Å². The van der Waals surface area contributed by atoms with Gasteiger partial charge in [0.25, 0.3) is 5.91 Å². The third-order valence-corrected chi connectivity index (χ3v) is 6.06. The number of amides is 1. The first-order chi connectivity index (χ1) is 15.0. The Balaban J connectivity index is 1.81. The fourth-order valence-electron chi connectivity index (χ4n) is 3.84. The lowest BCUT2D eigenvalue weighted by Gasteiger charge is -2.23. The number of hydrogen-bond donors (Lipinski definition) is 0. The molecule has 8 nitrogen and oxygen atoms in total. The molecule has 1 atom stereocenters. The van der Waals surface area contributed by atoms with Gasteiger partial charge in [-0.2, -0.15) is 0 Å². The summed E-state index contributed by atoms with van der Waals surface area (Å²) >= 11 is 1.27. The van der Waals surface area contributed by atoms with Gasteiger partial charge in [-0.05, 0) is 36.8 Å². The zero-order valence-corrected chi connectivity index (χ0v) is 17.7. The Kier molecular flexibility index (Phi) is 4.48. The van der Waals surface area contributed by atoms with Crippen LogP contribution in [0.25, 0.3) is 11.0 Å². The van der Waals surface area contributed by atoms with Crippen molar-refractivity contribution in [3.63, 3.8) is 0 Å². The number of aromatic nitrogens is 2. The van der Waals surface area contributed by atoms with Crippen molar-refractivity contribution in [2.24, 2.45) is 0 Å². The zero-order valence-electron chi connectivity index (χ0n) is 16.9. The standard InChI is InChI=1S/C22H17N3O5S/c1-11-23-24-22(31-11)25-18(12-8-9-15(28-2)16(10-12)29-3)17-19(26)13-6-4-5-7-14(13)30-20(17)21(25)27/h4-10,18H,1-3H3/t18-/m0/s1. The molecular formula is C22H17N3O5S. The number of carbonyl (C=O) groups is 1. The van der Waals surface area contributed by atoms with Crippen LogP contribution in [0, 0.1) is 6.92 Å². The molecule has 0 aliphatic carbocycles. The van der Waals surface area contributed by atoms with Crippen LogP contribution in [0.2, 0.25) is 0 Å². The van der Waals surface area contributed by atoms with E-state index in [0.29, 0.717) is 38.2 Å². The highest BCUT2D eigenvalue weighted by molar-refractivity contribution is 7.15. The molecule has 2 aromatic heterocycles. The second-order valence-corrected chi connectivity index (χ2v) is 8.13. The molecule has 0 saturated heterocycles. The van der Waals surface area contributed by atoms with Gasteiger partial charge in [0.15, 0.2) is 16.9 Å². The molecule has 2 aromatic carbocycles. The van der Waals surface area contributed by atoms with Crippen LogP contribution in [0.1, 0.15) is 32.7 Å². The van der Waals surface area contributed by atoms with E-state index >= 15 is 0 Å². The Bertz CT molecular complexity index is 1390. The number of anilines is 1. The van der Waals surface area contributed by atoms with E-state index in [1.165, 1.54) is 23.3 Å². The predicted octanol–water partition coefficient (Wildman–Crippen LogP) is 3.72. The number of aryl methyl sites for hydroxylation is 1. The average Bonchev–Trinajstić information content (AvgIpc) is 3.34. The van der Waals surface area contributed by atoms with Crippen LogP contribution in [-0.4, -0.2) is 30.3 Å². The van der Waals surface area contributed by atoms with Crippen LogP contribution in [-0.2, 0) is 0 Å². The quantitative estimate of drug-likeness (QED) is 0.482. The van der Waals surface area contributed by atoms with Crippen molar-refractivity contribution in [1.29, 1.82) is 0 Å². The van der Waals surface area contributed by atoms with Crippen LogP contribution in [0.5, 0.6) is 11.5 Å². The fourth-order valence-corrected chi connectivity index (χ4v) is 4.55. The number of ether oxygens (including phenoxy) is 2. The van der Waals surface area contributed by atoms with Gasteiger partial charge in [-0.1, -0.05) is 29.5 Å². The molecule has 1 aliphatic rings. The molecule has 1 amide bonds. The summed E-state index contributed by atoms with van der Waals surface area (Å²) in [6.07, 6.45) is 0. The van der Waals surface area contributed by atoms with Gasteiger partial charge in [0.2, 0.25) is 10.9 Å². The van der Waals surface area contributed by atoms with Gasteiger partial charge in [0.1, 0.15) is 10.6 Å². The minimum absolute atomic E-state index is 0.0105. The summed E-state index contributed by atoms with van der Waals surface area (Å²) in [4.78, 5) is 28.4. The Morgan fingerprint density at radius 3 is 2.52 bits per heavy atom. The van der Waals surface area contributed by atoms with Crippen LogP contribution in [0.15, 0.2) is 51.7 Å². The summed E-state index contributed by atoms with van der Waals surface area (Å²) in [5.41, 5.74) is 1.04. The Hall–Kier alpha value is -3.72. The lowest BCUT2D eigenvalue weighted by molar-refractivity contribution is 0.0970. The Morgan fingerprint density at radius 2 is 1.81 bits per heavy atom. The van der Waals surface area contributed by atoms with E-state index in [9.17, 15) is 9.59 Å². The monoisotopic (exact) mass is 435 g/mol. The molecule has 4 aromatic rings. The lowest BCUT2D eigenvalue weighted by Crippen LogP contribution is -2.29. The van der Waals surface area contributed by atoms with Gasteiger partial charge in [-0.3, -0.25) is 14.5 Å². The van der Waals surface area contributed by atoms with Crippen LogP contribution in [0.4, 0.5) is 5.13 Å². The van der Waals surface area contributed by atoms with Gasteiger partial charge in [0, 0.05) is 0 Å². The number of methoxy groups -OCH3 is 2. The maximum atomic E-state index is 13.5. The number of carbonyl (C=O) groups excluding carboxylic acids is 1. The third kappa shape index (κ3) is 2.89. The molecule has 0 fully saturated rings. The zero-order chi connectivity index (χ0) is 21.7. The first-order valence-corrected chi connectivity index (χ1v) is 10.3. The van der Waals surface area contributed by atoms with Crippen LogP contribution in [0.3, 0.4) is 0 Å². The Morgan fingerprint density at radius 1 is 1.03 bits per heavy atom. The van der Waals surface area contributed by atoms with E-state index in [1.807, 2.05) is 0 Å². The van der Waals surface area contributed by atoms with Crippen molar-refractivity contribution in [2.45, 2.75) is 13.0 Å². The molecular weight excluding hydrogens is 418 g/mol. The molecule has 31 heavy (non-hydrogen) atoms. The summed E-state index contributed by atoms with van der Waals surface area (Å²) in [5, 5.41) is 9.70. The molecule has 3 heterocycles. The summed E-state index contributed by atoms with van der Waals surface area (Å²) in [6, 6.07) is 11.4. The van der Waals surface area contributed by atoms with Gasteiger partial charge < -0.3 is 13.9 Å². The SMILES string of the molecule is COc1ccc([C@H]2c3c(oc4ccccc4c3=O)C(=O)N2c2nnc(C)s2)cc1OC. The highest BCUT2D eigenvalue weighted by Crippen LogP contribution is 2.43. The molecule has 0 spiro atoms. The highest BCUT2D eigenvalue weighted by Gasteiger charge is 2.45. The van der Waals surface area contributed by atoms with Crippen molar-refractivity contribution in [2.75, 3.05) is 19.1 Å². The number of hydrogen-bond acceptors (Lipinski definition) is 8. The summed E-state index contributed by atoms with van der Waals surface area (Å²) in [6.45, 7) is 1.80. The first-order valence-electron chi connectivity index (χ1n) is 9.44. The van der Waals surface area contributed by atoms with Crippen LogP contribution >= 0.6 is 11.3 Å². The topological polar surface area (TPSA) is 94.8 Å². The summed E-state index contributed by atoms with van der Waals surface area (Å²) < 4.78 is 16.7. The van der Waals surface area contributed by atoms with Crippen molar-refractivity contribution in [3.05, 3.63) is 74.6 Å². The van der Waals surface area contributed by atoms with E-state index in [-0.39, 0.29) is 16.8 Å². The number of rotatable bonds is 4. The van der Waals surface area contributed by atoms with Gasteiger partial charge in [0.05, 0.1) is 31.2 Å². The fraction of sp³-hybridized carbons (Fsp3) is 0.182. The third-order valence-electron chi connectivity index (χ3n) is 5.22. The first kappa shape index (κ1) is 19.3. The molecule has 0 unspecified atom stereocenters. The van der Waals surface area contributed by atoms with Crippen molar-refractivity contribution >= 4 is 33.3 Å². The number of benzene rings is 2. The number of para-hydroxylation sites is 1. The summed E-state index contributed by atoms with van der Waals surface area (Å²) in [5.74, 6) is 0.601. The molecule has 9 heteroatoms. The lowest BCUT2D eigenvalue weighted by atomic mass is 9.98. The molecule has 1 aliphatic heterocycles. The minimum atomic E-state index is -0.740. The normalized spacial score (nSPS) is 15.4. The van der Waals surface area contributed by atoms with Gasteiger partial charge >= 0.3 is 0 Å². The average molecular weight is 435 g/mol. The molecule has 0 saturated carbocycles. The highest BCUT2D eigenvalue weighted by atomic mass is 32.1. The number of fused-ring (bicyclic) bond motifs is 2. The second kappa shape index (κ2) is 7.21. The Labute approximate surface area is 180 Å². The van der Waals surface area contributed by atoms with E-state index < -0.39 is 11.9 Å². The maximum absolute atomic E-state index is 13.5. The molecule has 0 bridgehead atoms. The molecule has 0 radical (unpaired) electrons. The number of nitrogens with zero attached hydrogens (tertiary/aromatic N) is 3. The minimum Gasteiger partial charge on any atom is -0.493 e. The second-order valence-electron chi connectivity index (χ2n) is 6.97. The summed E-state index contributed by atoms with van der Waals surface area (Å²) in [7, 11) is 3.08. The maximum Gasteiger partial charge on any atom is 0.297 e.